The van der Waals surface area contributed by atoms with Crippen LogP contribution in [-0.2, 0) is 10.0 Å². The summed E-state index contributed by atoms with van der Waals surface area (Å²) in [7, 11) is -3.14. The summed E-state index contributed by atoms with van der Waals surface area (Å²) in [5, 5.41) is 1.56. The molecule has 1 aliphatic heterocycles. The number of sulfonamides is 1. The van der Waals surface area contributed by atoms with E-state index in [0.717, 1.165) is 23.4 Å². The van der Waals surface area contributed by atoms with Gasteiger partial charge in [-0.3, -0.25) is 0 Å². The van der Waals surface area contributed by atoms with E-state index in [0.29, 0.717) is 19.0 Å². The fourth-order valence-corrected chi connectivity index (χ4v) is 4.76. The quantitative estimate of drug-likeness (QED) is 0.925. The second kappa shape index (κ2) is 5.87. The largest absolute Gasteiger partial charge is 0.361 e. The van der Waals surface area contributed by atoms with Crippen molar-refractivity contribution in [2.45, 2.75) is 37.9 Å². The third-order valence-corrected chi connectivity index (χ3v) is 7.01. The molecule has 0 unspecified atom stereocenters. The van der Waals surface area contributed by atoms with E-state index in [2.05, 4.69) is 11.1 Å². The molecule has 0 radical (unpaired) electrons. The Kier molecular flexibility index (Phi) is 4.23. The smallest absolute Gasteiger partial charge is 0.216 e. The van der Waals surface area contributed by atoms with Crippen molar-refractivity contribution in [2.75, 3.05) is 13.1 Å². The highest BCUT2D eigenvalue weighted by molar-refractivity contribution is 7.89. The SMILES string of the molecule is CC(C)S(=O)(=O)N1CCC(c2cc(Cl)cc3[nH]ccc23)CC1. The summed E-state index contributed by atoms with van der Waals surface area (Å²) in [4.78, 5) is 3.20. The fourth-order valence-electron chi connectivity index (χ4n) is 3.22. The summed E-state index contributed by atoms with van der Waals surface area (Å²) in [5.74, 6) is 0.357. The number of piperidine rings is 1. The molecule has 1 aromatic carbocycles. The summed E-state index contributed by atoms with van der Waals surface area (Å²) < 4.78 is 26.1. The van der Waals surface area contributed by atoms with Gasteiger partial charge in [0, 0.05) is 35.2 Å². The Morgan fingerprint density at radius 2 is 1.95 bits per heavy atom. The molecule has 1 fully saturated rings. The van der Waals surface area contributed by atoms with Gasteiger partial charge < -0.3 is 4.98 Å². The maximum absolute atomic E-state index is 12.3. The normalized spacial score (nSPS) is 18.4. The van der Waals surface area contributed by atoms with Crippen LogP contribution in [0.15, 0.2) is 24.4 Å². The van der Waals surface area contributed by atoms with E-state index >= 15 is 0 Å². The van der Waals surface area contributed by atoms with Gasteiger partial charge >= 0.3 is 0 Å². The molecule has 1 aliphatic rings. The molecule has 2 heterocycles. The van der Waals surface area contributed by atoms with Gasteiger partial charge in [-0.15, -0.1) is 0 Å². The predicted molar refractivity (Wildman–Crippen MR) is 90.9 cm³/mol. The van der Waals surface area contributed by atoms with Gasteiger partial charge in [0.15, 0.2) is 0 Å². The fraction of sp³-hybridized carbons (Fsp3) is 0.500. The zero-order chi connectivity index (χ0) is 15.9. The molecule has 0 bridgehead atoms. The Balaban J connectivity index is 1.83. The number of H-pyrrole nitrogens is 1. The van der Waals surface area contributed by atoms with E-state index in [1.54, 1.807) is 18.2 Å². The first-order valence-corrected chi connectivity index (χ1v) is 9.53. The number of aromatic amines is 1. The Morgan fingerprint density at radius 1 is 1.27 bits per heavy atom. The minimum absolute atomic E-state index is 0.355. The number of fused-ring (bicyclic) bond motifs is 1. The van der Waals surface area contributed by atoms with Crippen LogP contribution < -0.4 is 0 Å². The number of hydrogen-bond acceptors (Lipinski definition) is 2. The molecule has 2 aromatic rings. The van der Waals surface area contributed by atoms with Crippen molar-refractivity contribution < 1.29 is 8.42 Å². The number of nitrogens with zero attached hydrogens (tertiary/aromatic N) is 1. The van der Waals surface area contributed by atoms with E-state index in [4.69, 9.17) is 11.6 Å². The molecule has 120 valence electrons. The van der Waals surface area contributed by atoms with Gasteiger partial charge in [0.2, 0.25) is 10.0 Å². The van der Waals surface area contributed by atoms with Crippen LogP contribution in [0.3, 0.4) is 0 Å². The Morgan fingerprint density at radius 3 is 2.59 bits per heavy atom. The van der Waals surface area contributed by atoms with Crippen molar-refractivity contribution in [1.29, 1.82) is 0 Å². The van der Waals surface area contributed by atoms with Crippen LogP contribution >= 0.6 is 11.6 Å². The Hall–Kier alpha value is -1.04. The molecular weight excluding hydrogens is 320 g/mol. The van der Waals surface area contributed by atoms with E-state index in [1.807, 2.05) is 18.3 Å². The zero-order valence-electron chi connectivity index (χ0n) is 12.8. The second-order valence-electron chi connectivity index (χ2n) is 6.20. The summed E-state index contributed by atoms with van der Waals surface area (Å²) in [6.07, 6.45) is 3.60. The third-order valence-electron chi connectivity index (χ3n) is 4.51. The molecule has 1 saturated heterocycles. The van der Waals surface area contributed by atoms with Crippen molar-refractivity contribution in [1.82, 2.24) is 9.29 Å². The molecule has 3 rings (SSSR count). The van der Waals surface area contributed by atoms with Crippen LogP contribution in [0.25, 0.3) is 10.9 Å². The van der Waals surface area contributed by atoms with Crippen molar-refractivity contribution >= 4 is 32.5 Å². The van der Waals surface area contributed by atoms with Crippen LogP contribution in [0.1, 0.15) is 38.2 Å². The summed E-state index contributed by atoms with van der Waals surface area (Å²) in [6, 6.07) is 6.02. The molecule has 4 nitrogen and oxygen atoms in total. The summed E-state index contributed by atoms with van der Waals surface area (Å²) in [5.41, 5.74) is 2.27. The van der Waals surface area contributed by atoms with E-state index in [1.165, 1.54) is 10.9 Å². The van der Waals surface area contributed by atoms with Crippen molar-refractivity contribution in [3.8, 4) is 0 Å². The topological polar surface area (TPSA) is 53.2 Å². The van der Waals surface area contributed by atoms with Gasteiger partial charge in [0.05, 0.1) is 5.25 Å². The molecule has 0 spiro atoms. The lowest BCUT2D eigenvalue weighted by atomic mass is 9.88. The Labute approximate surface area is 136 Å². The van der Waals surface area contributed by atoms with Crippen LogP contribution in [0.5, 0.6) is 0 Å². The van der Waals surface area contributed by atoms with Gasteiger partial charge in [0.1, 0.15) is 0 Å². The zero-order valence-corrected chi connectivity index (χ0v) is 14.4. The number of halogens is 1. The second-order valence-corrected chi connectivity index (χ2v) is 9.13. The molecule has 1 aromatic heterocycles. The lowest BCUT2D eigenvalue weighted by molar-refractivity contribution is 0.318. The number of hydrogen-bond donors (Lipinski definition) is 1. The summed E-state index contributed by atoms with van der Waals surface area (Å²) >= 11 is 6.22. The molecule has 22 heavy (non-hydrogen) atoms. The molecule has 0 amide bonds. The standard InChI is InChI=1S/C16H21ClN2O2S/c1-11(2)22(20,21)19-7-4-12(5-8-19)15-9-13(17)10-16-14(15)3-6-18-16/h3,6,9-12,18H,4-5,7-8H2,1-2H3. The van der Waals surface area contributed by atoms with Crippen molar-refractivity contribution in [2.24, 2.45) is 0 Å². The van der Waals surface area contributed by atoms with Gasteiger partial charge in [-0.05, 0) is 56.4 Å². The van der Waals surface area contributed by atoms with E-state index in [-0.39, 0.29) is 5.25 Å². The first-order valence-electron chi connectivity index (χ1n) is 7.65. The lowest BCUT2D eigenvalue weighted by Gasteiger charge is -2.32. The minimum atomic E-state index is -3.14. The van der Waals surface area contributed by atoms with Gasteiger partial charge in [-0.1, -0.05) is 11.6 Å². The number of aromatic nitrogens is 1. The van der Waals surface area contributed by atoms with Crippen molar-refractivity contribution in [3.05, 3.63) is 35.0 Å². The van der Waals surface area contributed by atoms with Crippen LogP contribution in [0.2, 0.25) is 5.02 Å². The third kappa shape index (κ3) is 2.77. The van der Waals surface area contributed by atoms with Crippen LogP contribution in [0.4, 0.5) is 0 Å². The highest BCUT2D eigenvalue weighted by Gasteiger charge is 2.31. The average molecular weight is 341 g/mol. The maximum Gasteiger partial charge on any atom is 0.216 e. The Bertz CT molecular complexity index is 775. The molecule has 0 saturated carbocycles. The van der Waals surface area contributed by atoms with E-state index < -0.39 is 10.0 Å². The first kappa shape index (κ1) is 15.8. The van der Waals surface area contributed by atoms with Gasteiger partial charge in [-0.2, -0.15) is 0 Å². The highest BCUT2D eigenvalue weighted by atomic mass is 35.5. The number of benzene rings is 1. The molecule has 0 aliphatic carbocycles. The van der Waals surface area contributed by atoms with Gasteiger partial charge in [-0.25, -0.2) is 12.7 Å². The minimum Gasteiger partial charge on any atom is -0.361 e. The lowest BCUT2D eigenvalue weighted by Crippen LogP contribution is -2.41. The monoisotopic (exact) mass is 340 g/mol. The van der Waals surface area contributed by atoms with Gasteiger partial charge in [0.25, 0.3) is 0 Å². The predicted octanol–water partition coefficient (Wildman–Crippen LogP) is 3.74. The molecule has 1 N–H and O–H groups in total. The maximum atomic E-state index is 12.3. The number of rotatable bonds is 3. The highest BCUT2D eigenvalue weighted by Crippen LogP contribution is 2.35. The van der Waals surface area contributed by atoms with Crippen LogP contribution in [-0.4, -0.2) is 36.0 Å². The number of nitrogens with one attached hydrogen (secondary N) is 1. The van der Waals surface area contributed by atoms with E-state index in [9.17, 15) is 8.42 Å². The first-order chi connectivity index (χ1) is 10.4. The molecular formula is C16H21ClN2O2S. The van der Waals surface area contributed by atoms with Crippen LogP contribution in [0, 0.1) is 0 Å². The average Bonchev–Trinajstić information content (AvgIpc) is 2.94. The van der Waals surface area contributed by atoms with Crippen molar-refractivity contribution in [3.63, 3.8) is 0 Å². The summed E-state index contributed by atoms with van der Waals surface area (Å²) in [6.45, 7) is 4.65. The molecule has 6 heteroatoms. The molecule has 0 atom stereocenters.